The van der Waals surface area contributed by atoms with Crippen LogP contribution in [-0.4, -0.2) is 4.98 Å². The van der Waals surface area contributed by atoms with E-state index in [2.05, 4.69) is 20.9 Å². The van der Waals surface area contributed by atoms with Crippen molar-refractivity contribution >= 4 is 32.4 Å². The van der Waals surface area contributed by atoms with E-state index in [4.69, 9.17) is 5.73 Å². The first-order valence-corrected chi connectivity index (χ1v) is 6.77. The molecule has 1 aromatic heterocycles. The summed E-state index contributed by atoms with van der Waals surface area (Å²) < 4.78 is 14.2. The molecule has 1 aromatic carbocycles. The number of thiazole rings is 1. The number of halogens is 2. The van der Waals surface area contributed by atoms with E-state index in [0.29, 0.717) is 5.13 Å². The number of nitrogens with two attached hydrogens (primary N) is 1. The van der Waals surface area contributed by atoms with Crippen LogP contribution < -0.4 is 5.73 Å². The van der Waals surface area contributed by atoms with Crippen molar-refractivity contribution in [3.05, 3.63) is 44.6 Å². The molecule has 0 amide bonds. The molecule has 0 aliphatic heterocycles. The molecule has 0 fully saturated rings. The van der Waals surface area contributed by atoms with Gasteiger partial charge in [-0.1, -0.05) is 22.9 Å². The molecule has 5 heteroatoms. The molecule has 1 heterocycles. The highest BCUT2D eigenvalue weighted by molar-refractivity contribution is 9.10. The average Bonchev–Trinajstić information content (AvgIpc) is 2.60. The highest BCUT2D eigenvalue weighted by Crippen LogP contribution is 2.36. The summed E-state index contributed by atoms with van der Waals surface area (Å²) in [7, 11) is 0. The molecule has 2 nitrogen and oxygen atoms in total. The third-order valence-electron chi connectivity index (χ3n) is 2.67. The standard InChI is InChI=1S/C12H12BrFN2S/c1-6(11-7(2)16-12(15)17-11)9-5-8(14)3-4-10(9)13/h3-6H,1-2H3,(H2,15,16). The molecule has 90 valence electrons. The summed E-state index contributed by atoms with van der Waals surface area (Å²) in [5.41, 5.74) is 7.51. The number of aryl methyl sites for hydroxylation is 1. The normalized spacial score (nSPS) is 12.7. The quantitative estimate of drug-likeness (QED) is 0.906. The third kappa shape index (κ3) is 2.50. The minimum absolute atomic E-state index is 0.0786. The van der Waals surface area contributed by atoms with E-state index in [0.717, 1.165) is 20.6 Å². The van der Waals surface area contributed by atoms with Crippen LogP contribution in [-0.2, 0) is 0 Å². The molecule has 17 heavy (non-hydrogen) atoms. The van der Waals surface area contributed by atoms with Gasteiger partial charge >= 0.3 is 0 Å². The maximum atomic E-state index is 13.3. The van der Waals surface area contributed by atoms with Crippen LogP contribution in [0.3, 0.4) is 0 Å². The summed E-state index contributed by atoms with van der Waals surface area (Å²) in [6.45, 7) is 3.95. The van der Waals surface area contributed by atoms with Crippen molar-refractivity contribution in [2.24, 2.45) is 0 Å². The number of hydrogen-bond acceptors (Lipinski definition) is 3. The molecule has 1 unspecified atom stereocenters. The Morgan fingerprint density at radius 2 is 2.18 bits per heavy atom. The Hall–Kier alpha value is -0.940. The minimum atomic E-state index is -0.231. The summed E-state index contributed by atoms with van der Waals surface area (Å²) in [5, 5.41) is 0.553. The van der Waals surface area contributed by atoms with Gasteiger partial charge in [-0.05, 0) is 30.7 Å². The summed E-state index contributed by atoms with van der Waals surface area (Å²) in [5.74, 6) is -0.153. The fourth-order valence-electron chi connectivity index (χ4n) is 1.82. The zero-order chi connectivity index (χ0) is 12.6. The van der Waals surface area contributed by atoms with E-state index in [1.807, 2.05) is 13.8 Å². The molecule has 0 radical (unpaired) electrons. The largest absolute Gasteiger partial charge is 0.375 e. The molecule has 0 aliphatic carbocycles. The molecule has 0 aliphatic rings. The maximum absolute atomic E-state index is 13.3. The Morgan fingerprint density at radius 1 is 1.47 bits per heavy atom. The highest BCUT2D eigenvalue weighted by Gasteiger charge is 2.18. The van der Waals surface area contributed by atoms with Gasteiger partial charge in [-0.25, -0.2) is 9.37 Å². The van der Waals surface area contributed by atoms with Crippen molar-refractivity contribution in [1.82, 2.24) is 4.98 Å². The Bertz CT molecular complexity index is 553. The first-order chi connectivity index (χ1) is 7.99. The second-order valence-electron chi connectivity index (χ2n) is 3.89. The van der Waals surface area contributed by atoms with Crippen LogP contribution in [0.5, 0.6) is 0 Å². The minimum Gasteiger partial charge on any atom is -0.375 e. The number of rotatable bonds is 2. The Kier molecular flexibility index (Phi) is 3.49. The van der Waals surface area contributed by atoms with Gasteiger partial charge in [0.05, 0.1) is 5.69 Å². The average molecular weight is 315 g/mol. The van der Waals surface area contributed by atoms with Crippen LogP contribution in [0, 0.1) is 12.7 Å². The van der Waals surface area contributed by atoms with Crippen molar-refractivity contribution in [2.45, 2.75) is 19.8 Å². The van der Waals surface area contributed by atoms with Gasteiger partial charge < -0.3 is 5.73 Å². The SMILES string of the molecule is Cc1nc(N)sc1C(C)c1cc(F)ccc1Br. The number of hydrogen-bond donors (Lipinski definition) is 1. The van der Waals surface area contributed by atoms with Crippen molar-refractivity contribution < 1.29 is 4.39 Å². The zero-order valence-corrected chi connectivity index (χ0v) is 11.9. The van der Waals surface area contributed by atoms with Crippen LogP contribution in [0.1, 0.15) is 29.0 Å². The van der Waals surface area contributed by atoms with E-state index in [1.165, 1.54) is 17.4 Å². The van der Waals surface area contributed by atoms with E-state index in [-0.39, 0.29) is 11.7 Å². The lowest BCUT2D eigenvalue weighted by Crippen LogP contribution is -1.97. The molecule has 2 aromatic rings. The first-order valence-electron chi connectivity index (χ1n) is 5.16. The van der Waals surface area contributed by atoms with Crippen LogP contribution in [0.15, 0.2) is 22.7 Å². The fraction of sp³-hybridized carbons (Fsp3) is 0.250. The van der Waals surface area contributed by atoms with E-state index < -0.39 is 0 Å². The van der Waals surface area contributed by atoms with Crippen LogP contribution in [0.25, 0.3) is 0 Å². The van der Waals surface area contributed by atoms with Gasteiger partial charge in [0.1, 0.15) is 5.82 Å². The molecule has 0 saturated carbocycles. The topological polar surface area (TPSA) is 38.9 Å². The lowest BCUT2D eigenvalue weighted by Gasteiger charge is -2.12. The summed E-state index contributed by atoms with van der Waals surface area (Å²) in [6.07, 6.45) is 0. The van der Waals surface area contributed by atoms with E-state index in [1.54, 1.807) is 12.1 Å². The molecule has 0 saturated heterocycles. The maximum Gasteiger partial charge on any atom is 0.180 e. The molecule has 0 spiro atoms. The molecular formula is C12H12BrFN2S. The molecule has 2 rings (SSSR count). The van der Waals surface area contributed by atoms with Crippen LogP contribution in [0.4, 0.5) is 9.52 Å². The molecular weight excluding hydrogens is 303 g/mol. The number of nitrogens with zero attached hydrogens (tertiary/aromatic N) is 1. The first kappa shape index (κ1) is 12.5. The van der Waals surface area contributed by atoms with Gasteiger partial charge in [0.25, 0.3) is 0 Å². The van der Waals surface area contributed by atoms with Crippen molar-refractivity contribution in [3.8, 4) is 0 Å². The van der Waals surface area contributed by atoms with Gasteiger partial charge in [0.15, 0.2) is 5.13 Å². The molecule has 0 bridgehead atoms. The third-order valence-corrected chi connectivity index (χ3v) is 4.56. The summed E-state index contributed by atoms with van der Waals surface area (Å²) in [4.78, 5) is 5.27. The van der Waals surface area contributed by atoms with Gasteiger partial charge in [-0.3, -0.25) is 0 Å². The highest BCUT2D eigenvalue weighted by atomic mass is 79.9. The monoisotopic (exact) mass is 314 g/mol. The van der Waals surface area contributed by atoms with Gasteiger partial charge in [-0.2, -0.15) is 0 Å². The number of nitrogen functional groups attached to an aromatic ring is 1. The lowest BCUT2D eigenvalue weighted by molar-refractivity contribution is 0.624. The predicted octanol–water partition coefficient (Wildman–Crippen LogP) is 4.09. The van der Waals surface area contributed by atoms with E-state index >= 15 is 0 Å². The summed E-state index contributed by atoms with van der Waals surface area (Å²) >= 11 is 4.90. The van der Waals surface area contributed by atoms with Gasteiger partial charge in [0, 0.05) is 15.3 Å². The second kappa shape index (κ2) is 4.74. The second-order valence-corrected chi connectivity index (χ2v) is 5.81. The van der Waals surface area contributed by atoms with Gasteiger partial charge in [0.2, 0.25) is 0 Å². The lowest BCUT2D eigenvalue weighted by atomic mass is 9.98. The van der Waals surface area contributed by atoms with Crippen molar-refractivity contribution in [3.63, 3.8) is 0 Å². The van der Waals surface area contributed by atoms with Gasteiger partial charge in [-0.15, -0.1) is 11.3 Å². The van der Waals surface area contributed by atoms with Crippen LogP contribution >= 0.6 is 27.3 Å². The van der Waals surface area contributed by atoms with E-state index in [9.17, 15) is 4.39 Å². The molecule has 1 atom stereocenters. The van der Waals surface area contributed by atoms with Crippen molar-refractivity contribution in [1.29, 1.82) is 0 Å². The summed E-state index contributed by atoms with van der Waals surface area (Å²) in [6, 6.07) is 4.71. The number of benzene rings is 1. The number of aromatic nitrogens is 1. The number of anilines is 1. The fourth-order valence-corrected chi connectivity index (χ4v) is 3.31. The van der Waals surface area contributed by atoms with Crippen LogP contribution in [0.2, 0.25) is 0 Å². The molecule has 2 N–H and O–H groups in total. The Morgan fingerprint density at radius 3 is 2.76 bits per heavy atom. The predicted molar refractivity (Wildman–Crippen MR) is 72.9 cm³/mol. The zero-order valence-electron chi connectivity index (χ0n) is 9.50. The Labute approximate surface area is 112 Å². The smallest absolute Gasteiger partial charge is 0.180 e. The van der Waals surface area contributed by atoms with Crippen molar-refractivity contribution in [2.75, 3.05) is 5.73 Å². The Balaban J connectivity index is 2.46.